The Morgan fingerprint density at radius 2 is 1.94 bits per heavy atom. The van der Waals surface area contributed by atoms with E-state index in [9.17, 15) is 5.11 Å². The molecule has 1 rings (SSSR count). The maximum atomic E-state index is 9.79. The smallest absolute Gasteiger partial charge is 0.0602 e. The van der Waals surface area contributed by atoms with Crippen molar-refractivity contribution in [2.24, 2.45) is 0 Å². The van der Waals surface area contributed by atoms with Crippen LogP contribution in [0.5, 0.6) is 0 Å². The van der Waals surface area contributed by atoms with Crippen LogP contribution < -0.4 is 0 Å². The fourth-order valence-electron chi connectivity index (χ4n) is 1.46. The molecule has 0 heterocycles. The second-order valence-electron chi connectivity index (χ2n) is 3.89. The third-order valence-corrected chi connectivity index (χ3v) is 3.05. The van der Waals surface area contributed by atoms with Crippen LogP contribution in [0.15, 0.2) is 24.3 Å². The molecule has 0 spiro atoms. The molecule has 90 valence electrons. The first-order chi connectivity index (χ1) is 7.72. The summed E-state index contributed by atoms with van der Waals surface area (Å²) in [7, 11) is 0. The molecule has 2 nitrogen and oxygen atoms in total. The number of rotatable bonds is 7. The highest BCUT2D eigenvalue weighted by Crippen LogP contribution is 2.10. The number of aliphatic hydroxyl groups is 1. The van der Waals surface area contributed by atoms with E-state index < -0.39 is 0 Å². The van der Waals surface area contributed by atoms with Crippen molar-refractivity contribution < 1.29 is 9.84 Å². The fourth-order valence-corrected chi connectivity index (χ4v) is 1.82. The lowest BCUT2D eigenvalue weighted by Crippen LogP contribution is -2.13. The van der Waals surface area contributed by atoms with Gasteiger partial charge in [0.05, 0.1) is 6.10 Å². The zero-order valence-electron chi connectivity index (χ0n) is 9.66. The van der Waals surface area contributed by atoms with Crippen molar-refractivity contribution in [3.63, 3.8) is 0 Å². The van der Waals surface area contributed by atoms with E-state index in [1.807, 2.05) is 0 Å². The van der Waals surface area contributed by atoms with E-state index in [1.165, 1.54) is 9.13 Å². The Bertz CT molecular complexity index is 284. The van der Waals surface area contributed by atoms with Gasteiger partial charge >= 0.3 is 0 Å². The summed E-state index contributed by atoms with van der Waals surface area (Å²) in [6.45, 7) is 3.53. The molecule has 1 aromatic carbocycles. The maximum Gasteiger partial charge on any atom is 0.0602 e. The van der Waals surface area contributed by atoms with Crippen LogP contribution in [0.1, 0.15) is 25.3 Å². The third kappa shape index (κ3) is 5.82. The maximum absolute atomic E-state index is 9.79. The molecular weight excluding hydrogens is 315 g/mol. The second kappa shape index (κ2) is 8.03. The Morgan fingerprint density at radius 1 is 1.25 bits per heavy atom. The van der Waals surface area contributed by atoms with Gasteiger partial charge in [-0.05, 0) is 59.5 Å². The van der Waals surface area contributed by atoms with Gasteiger partial charge in [0.2, 0.25) is 0 Å². The molecule has 0 fully saturated rings. The second-order valence-corrected chi connectivity index (χ2v) is 5.13. The van der Waals surface area contributed by atoms with Crippen molar-refractivity contribution >= 4 is 22.6 Å². The molecule has 1 aromatic rings. The molecule has 0 aliphatic heterocycles. The van der Waals surface area contributed by atoms with Crippen LogP contribution in [0, 0.1) is 3.57 Å². The summed E-state index contributed by atoms with van der Waals surface area (Å²) in [6.07, 6.45) is 2.17. The van der Waals surface area contributed by atoms with E-state index in [4.69, 9.17) is 4.74 Å². The highest BCUT2D eigenvalue weighted by Gasteiger charge is 2.05. The zero-order valence-corrected chi connectivity index (χ0v) is 11.8. The van der Waals surface area contributed by atoms with E-state index >= 15 is 0 Å². The van der Waals surface area contributed by atoms with Crippen molar-refractivity contribution in [3.05, 3.63) is 33.4 Å². The van der Waals surface area contributed by atoms with Crippen molar-refractivity contribution in [3.8, 4) is 0 Å². The first-order valence-corrected chi connectivity index (χ1v) is 6.80. The minimum Gasteiger partial charge on any atom is -0.393 e. The normalized spacial score (nSPS) is 12.7. The minimum absolute atomic E-state index is 0.295. The van der Waals surface area contributed by atoms with E-state index in [-0.39, 0.29) is 6.10 Å². The van der Waals surface area contributed by atoms with Crippen LogP contribution in [0.25, 0.3) is 0 Å². The van der Waals surface area contributed by atoms with Crippen LogP contribution >= 0.6 is 22.6 Å². The van der Waals surface area contributed by atoms with Gasteiger partial charge in [0.1, 0.15) is 0 Å². The van der Waals surface area contributed by atoms with Gasteiger partial charge in [-0.1, -0.05) is 19.1 Å². The minimum atomic E-state index is -0.295. The van der Waals surface area contributed by atoms with Gasteiger partial charge < -0.3 is 9.84 Å². The molecule has 1 N–H and O–H groups in total. The summed E-state index contributed by atoms with van der Waals surface area (Å²) in [5.74, 6) is 0. The molecule has 3 heteroatoms. The Morgan fingerprint density at radius 3 is 2.56 bits per heavy atom. The van der Waals surface area contributed by atoms with Crippen LogP contribution in [-0.4, -0.2) is 24.4 Å². The average Bonchev–Trinajstić information content (AvgIpc) is 2.28. The lowest BCUT2D eigenvalue weighted by molar-refractivity contribution is 0.0824. The first-order valence-electron chi connectivity index (χ1n) is 5.72. The summed E-state index contributed by atoms with van der Waals surface area (Å²) >= 11 is 2.28. The SMILES string of the molecule is CCCOCCC(O)Cc1ccc(I)cc1. The molecule has 0 saturated carbocycles. The molecule has 16 heavy (non-hydrogen) atoms. The summed E-state index contributed by atoms with van der Waals surface area (Å²) < 4.78 is 6.57. The quantitative estimate of drug-likeness (QED) is 0.614. The summed E-state index contributed by atoms with van der Waals surface area (Å²) in [6, 6.07) is 8.27. The molecule has 0 amide bonds. The predicted molar refractivity (Wildman–Crippen MR) is 74.6 cm³/mol. The van der Waals surface area contributed by atoms with Gasteiger partial charge in [-0.3, -0.25) is 0 Å². The Hall–Kier alpha value is -0.130. The highest BCUT2D eigenvalue weighted by molar-refractivity contribution is 14.1. The van der Waals surface area contributed by atoms with Crippen molar-refractivity contribution in [1.82, 2.24) is 0 Å². The average molecular weight is 334 g/mol. The van der Waals surface area contributed by atoms with Crippen molar-refractivity contribution in [1.29, 1.82) is 0 Å². The summed E-state index contributed by atoms with van der Waals surface area (Å²) in [4.78, 5) is 0. The lowest BCUT2D eigenvalue weighted by atomic mass is 10.1. The molecular formula is C13H19IO2. The van der Waals surface area contributed by atoms with E-state index in [2.05, 4.69) is 53.8 Å². The van der Waals surface area contributed by atoms with Crippen LogP contribution in [0.2, 0.25) is 0 Å². The number of ether oxygens (including phenoxy) is 1. The number of halogens is 1. The van der Waals surface area contributed by atoms with E-state index in [0.717, 1.165) is 13.0 Å². The molecule has 0 bridgehead atoms. The van der Waals surface area contributed by atoms with Gasteiger partial charge in [0.25, 0.3) is 0 Å². The standard InChI is InChI=1S/C13H19IO2/c1-2-8-16-9-7-13(15)10-11-3-5-12(14)6-4-11/h3-6,13,15H,2,7-10H2,1H3. The zero-order chi connectivity index (χ0) is 11.8. The summed E-state index contributed by atoms with van der Waals surface area (Å²) in [5.41, 5.74) is 1.18. The summed E-state index contributed by atoms with van der Waals surface area (Å²) in [5, 5.41) is 9.79. The van der Waals surface area contributed by atoms with Crippen LogP contribution in [0.3, 0.4) is 0 Å². The highest BCUT2D eigenvalue weighted by atomic mass is 127. The lowest BCUT2D eigenvalue weighted by Gasteiger charge is -2.10. The Labute approximate surface area is 111 Å². The van der Waals surface area contributed by atoms with Gasteiger partial charge in [-0.15, -0.1) is 0 Å². The fraction of sp³-hybridized carbons (Fsp3) is 0.538. The monoisotopic (exact) mass is 334 g/mol. The molecule has 0 saturated heterocycles. The molecule has 0 aliphatic rings. The molecule has 1 atom stereocenters. The van der Waals surface area contributed by atoms with Crippen LogP contribution in [-0.2, 0) is 11.2 Å². The van der Waals surface area contributed by atoms with Crippen molar-refractivity contribution in [2.75, 3.05) is 13.2 Å². The first kappa shape index (κ1) is 13.9. The number of aliphatic hydroxyl groups excluding tert-OH is 1. The van der Waals surface area contributed by atoms with E-state index in [0.29, 0.717) is 19.4 Å². The number of benzene rings is 1. The topological polar surface area (TPSA) is 29.5 Å². The molecule has 0 aromatic heterocycles. The van der Waals surface area contributed by atoms with Gasteiger partial charge in [-0.2, -0.15) is 0 Å². The molecule has 0 aliphatic carbocycles. The predicted octanol–water partition coefficient (Wildman–Crippen LogP) is 3.01. The van der Waals surface area contributed by atoms with E-state index in [1.54, 1.807) is 0 Å². The van der Waals surface area contributed by atoms with Gasteiger partial charge in [-0.25, -0.2) is 0 Å². The number of hydrogen-bond donors (Lipinski definition) is 1. The molecule has 1 unspecified atom stereocenters. The van der Waals surface area contributed by atoms with Gasteiger partial charge in [0, 0.05) is 16.8 Å². The largest absolute Gasteiger partial charge is 0.393 e. The van der Waals surface area contributed by atoms with Crippen LogP contribution in [0.4, 0.5) is 0 Å². The Balaban J connectivity index is 2.23. The number of hydrogen-bond acceptors (Lipinski definition) is 2. The van der Waals surface area contributed by atoms with Crippen molar-refractivity contribution in [2.45, 2.75) is 32.3 Å². The molecule has 0 radical (unpaired) electrons. The van der Waals surface area contributed by atoms with Gasteiger partial charge in [0.15, 0.2) is 0 Å². The Kier molecular flexibility index (Phi) is 7.00. The third-order valence-electron chi connectivity index (χ3n) is 2.33.